The Morgan fingerprint density at radius 3 is 2.52 bits per heavy atom. The molecule has 21 heavy (non-hydrogen) atoms. The Hall–Kier alpha value is -2.13. The van der Waals surface area contributed by atoms with Crippen LogP contribution in [-0.4, -0.2) is 11.5 Å². The summed E-state index contributed by atoms with van der Waals surface area (Å²) < 4.78 is 13.1. The van der Waals surface area contributed by atoms with Crippen molar-refractivity contribution in [2.24, 2.45) is 0 Å². The summed E-state index contributed by atoms with van der Waals surface area (Å²) in [5, 5.41) is 2.17. The number of halogens is 1. The van der Waals surface area contributed by atoms with Gasteiger partial charge in [-0.15, -0.1) is 11.8 Å². The molecule has 0 spiro atoms. The zero-order chi connectivity index (χ0) is 14.7. The lowest BCUT2D eigenvalue weighted by atomic mass is 10.1. The predicted octanol–water partition coefficient (Wildman–Crippen LogP) is 4.95. The Kier molecular flexibility index (Phi) is 4.02. The molecular weight excluding hydrogens is 283 g/mol. The summed E-state index contributed by atoms with van der Waals surface area (Å²) in [5.74, 6) is 0.0788. The minimum atomic E-state index is -0.279. The van der Waals surface area contributed by atoms with Gasteiger partial charge in [0.05, 0.1) is 5.75 Å². The molecule has 0 bridgehead atoms. The van der Waals surface area contributed by atoms with Crippen molar-refractivity contribution in [2.45, 2.75) is 4.90 Å². The molecule has 0 amide bonds. The summed E-state index contributed by atoms with van der Waals surface area (Å²) in [5.41, 5.74) is 0.692. The fraction of sp³-hybridized carbons (Fsp3) is 0.0556. The third-order valence-corrected chi connectivity index (χ3v) is 4.23. The zero-order valence-electron chi connectivity index (χ0n) is 11.3. The van der Waals surface area contributed by atoms with E-state index in [9.17, 15) is 9.18 Å². The molecule has 0 aliphatic heterocycles. The van der Waals surface area contributed by atoms with E-state index in [4.69, 9.17) is 0 Å². The van der Waals surface area contributed by atoms with Crippen LogP contribution in [0.25, 0.3) is 10.8 Å². The lowest BCUT2D eigenvalue weighted by Gasteiger charge is -2.04. The van der Waals surface area contributed by atoms with Crippen LogP contribution in [0.3, 0.4) is 0 Å². The fourth-order valence-electron chi connectivity index (χ4n) is 2.15. The number of ketones is 1. The molecule has 104 valence electrons. The first-order valence-corrected chi connectivity index (χ1v) is 7.61. The molecule has 0 aliphatic carbocycles. The Balaban J connectivity index is 1.74. The van der Waals surface area contributed by atoms with Crippen molar-refractivity contribution in [1.29, 1.82) is 0 Å². The second-order valence-electron chi connectivity index (χ2n) is 4.73. The van der Waals surface area contributed by atoms with Gasteiger partial charge in [-0.25, -0.2) is 4.39 Å². The van der Waals surface area contributed by atoms with Gasteiger partial charge in [-0.05, 0) is 35.0 Å². The molecule has 0 N–H and O–H groups in total. The van der Waals surface area contributed by atoms with Crippen molar-refractivity contribution in [3.8, 4) is 0 Å². The van der Waals surface area contributed by atoms with Crippen LogP contribution in [-0.2, 0) is 0 Å². The molecule has 0 fully saturated rings. The number of hydrogen-bond donors (Lipinski definition) is 0. The molecule has 0 aliphatic rings. The quantitative estimate of drug-likeness (QED) is 0.500. The lowest BCUT2D eigenvalue weighted by Crippen LogP contribution is -2.02. The van der Waals surface area contributed by atoms with Crippen molar-refractivity contribution < 1.29 is 9.18 Å². The molecule has 3 heteroatoms. The number of carbonyl (C=O) groups excluding carboxylic acids is 1. The molecule has 0 saturated heterocycles. The van der Waals surface area contributed by atoms with Crippen molar-refractivity contribution in [1.82, 2.24) is 0 Å². The van der Waals surface area contributed by atoms with Gasteiger partial charge in [0.15, 0.2) is 5.78 Å². The van der Waals surface area contributed by atoms with Gasteiger partial charge in [0.25, 0.3) is 0 Å². The van der Waals surface area contributed by atoms with E-state index in [2.05, 4.69) is 0 Å². The monoisotopic (exact) mass is 296 g/mol. The first kappa shape index (κ1) is 13.8. The van der Waals surface area contributed by atoms with E-state index < -0.39 is 0 Å². The summed E-state index contributed by atoms with van der Waals surface area (Å²) >= 11 is 1.35. The summed E-state index contributed by atoms with van der Waals surface area (Å²) in [6.07, 6.45) is 0. The normalized spacial score (nSPS) is 10.7. The summed E-state index contributed by atoms with van der Waals surface area (Å²) in [6, 6.07) is 19.9. The predicted molar refractivity (Wildman–Crippen MR) is 85.4 cm³/mol. The molecule has 0 radical (unpaired) electrons. The van der Waals surface area contributed by atoms with E-state index in [1.165, 1.54) is 23.9 Å². The highest BCUT2D eigenvalue weighted by molar-refractivity contribution is 8.00. The van der Waals surface area contributed by atoms with Crippen LogP contribution in [0, 0.1) is 5.82 Å². The molecule has 3 rings (SSSR count). The van der Waals surface area contributed by atoms with E-state index in [1.54, 1.807) is 12.1 Å². The summed E-state index contributed by atoms with van der Waals surface area (Å²) in [4.78, 5) is 13.0. The van der Waals surface area contributed by atoms with Crippen LogP contribution in [0.4, 0.5) is 4.39 Å². The van der Waals surface area contributed by atoms with Crippen molar-refractivity contribution in [3.05, 3.63) is 78.1 Å². The Labute approximate surface area is 126 Å². The summed E-state index contributed by atoms with van der Waals surface area (Å²) in [7, 11) is 0. The lowest BCUT2D eigenvalue weighted by molar-refractivity contribution is 0.102. The highest BCUT2D eigenvalue weighted by Gasteiger charge is 2.08. The Morgan fingerprint density at radius 1 is 0.905 bits per heavy atom. The highest BCUT2D eigenvalue weighted by Crippen LogP contribution is 2.21. The van der Waals surface area contributed by atoms with Gasteiger partial charge in [-0.1, -0.05) is 42.5 Å². The molecule has 0 heterocycles. The second-order valence-corrected chi connectivity index (χ2v) is 5.78. The third-order valence-electron chi connectivity index (χ3n) is 3.24. The number of carbonyl (C=O) groups is 1. The van der Waals surface area contributed by atoms with E-state index in [1.807, 2.05) is 42.5 Å². The smallest absolute Gasteiger partial charge is 0.173 e. The summed E-state index contributed by atoms with van der Waals surface area (Å²) in [6.45, 7) is 0. The van der Waals surface area contributed by atoms with Gasteiger partial charge in [0.1, 0.15) is 5.82 Å². The zero-order valence-corrected chi connectivity index (χ0v) is 12.1. The molecule has 1 nitrogen and oxygen atoms in total. The molecule has 0 atom stereocenters. The first-order chi connectivity index (χ1) is 10.2. The maximum Gasteiger partial charge on any atom is 0.173 e. The SMILES string of the molecule is O=C(CSc1cccc(F)c1)c1ccc2ccccc2c1. The molecule has 3 aromatic carbocycles. The van der Waals surface area contributed by atoms with Gasteiger partial charge in [0, 0.05) is 10.5 Å². The van der Waals surface area contributed by atoms with Crippen molar-refractivity contribution in [3.63, 3.8) is 0 Å². The van der Waals surface area contributed by atoms with Gasteiger partial charge in [0.2, 0.25) is 0 Å². The number of benzene rings is 3. The van der Waals surface area contributed by atoms with E-state index in [0.717, 1.165) is 15.7 Å². The molecule has 3 aromatic rings. The number of Topliss-reactive ketones (excluding diaryl/α,β-unsaturated/α-hetero) is 1. The van der Waals surface area contributed by atoms with Gasteiger partial charge in [-0.2, -0.15) is 0 Å². The standard InChI is InChI=1S/C18H13FOS/c19-16-6-3-7-17(11-16)21-12-18(20)15-9-8-13-4-1-2-5-14(13)10-15/h1-11H,12H2. The number of hydrogen-bond acceptors (Lipinski definition) is 2. The Bertz CT molecular complexity index is 798. The van der Waals surface area contributed by atoms with Crippen LogP contribution in [0.15, 0.2) is 71.6 Å². The van der Waals surface area contributed by atoms with Crippen LogP contribution >= 0.6 is 11.8 Å². The molecule has 0 unspecified atom stereocenters. The maximum atomic E-state index is 13.1. The van der Waals surface area contributed by atoms with Crippen LogP contribution in [0.1, 0.15) is 10.4 Å². The number of rotatable bonds is 4. The van der Waals surface area contributed by atoms with Crippen molar-refractivity contribution in [2.75, 3.05) is 5.75 Å². The van der Waals surface area contributed by atoms with Crippen molar-refractivity contribution >= 4 is 28.3 Å². The van der Waals surface area contributed by atoms with Gasteiger partial charge >= 0.3 is 0 Å². The highest BCUT2D eigenvalue weighted by atomic mass is 32.2. The van der Waals surface area contributed by atoms with Crippen LogP contribution < -0.4 is 0 Å². The molecule has 0 saturated carbocycles. The fourth-order valence-corrected chi connectivity index (χ4v) is 2.99. The number of fused-ring (bicyclic) bond motifs is 1. The van der Waals surface area contributed by atoms with Crippen LogP contribution in [0.5, 0.6) is 0 Å². The third kappa shape index (κ3) is 3.31. The average Bonchev–Trinajstić information content (AvgIpc) is 2.52. The topological polar surface area (TPSA) is 17.1 Å². The maximum absolute atomic E-state index is 13.1. The van der Waals surface area contributed by atoms with E-state index in [-0.39, 0.29) is 11.6 Å². The number of thioether (sulfide) groups is 1. The second kappa shape index (κ2) is 6.10. The largest absolute Gasteiger partial charge is 0.293 e. The molecular formula is C18H13FOS. The van der Waals surface area contributed by atoms with Crippen LogP contribution in [0.2, 0.25) is 0 Å². The van der Waals surface area contributed by atoms with E-state index >= 15 is 0 Å². The van der Waals surface area contributed by atoms with Gasteiger partial charge < -0.3 is 0 Å². The first-order valence-electron chi connectivity index (χ1n) is 6.63. The average molecular weight is 296 g/mol. The van der Waals surface area contributed by atoms with Gasteiger partial charge in [-0.3, -0.25) is 4.79 Å². The molecule has 0 aromatic heterocycles. The van der Waals surface area contributed by atoms with E-state index in [0.29, 0.717) is 11.3 Å². The Morgan fingerprint density at radius 2 is 1.71 bits per heavy atom. The minimum absolute atomic E-state index is 0.0509. The minimum Gasteiger partial charge on any atom is -0.293 e.